The number of hydrogen-bond acceptors (Lipinski definition) is 5. The number of halogens is 1. The van der Waals surface area contributed by atoms with Crippen molar-refractivity contribution in [2.75, 3.05) is 43.1 Å². The third-order valence-electron chi connectivity index (χ3n) is 4.65. The molecule has 2 rings (SSSR count). The Bertz CT molecular complexity index is 822. The molecule has 1 aliphatic heterocycles. The zero-order chi connectivity index (χ0) is 23.3. The van der Waals surface area contributed by atoms with Crippen molar-refractivity contribution in [2.24, 2.45) is 17.1 Å². The Kier molecular flexibility index (Phi) is 8.14. The number of morpholine rings is 1. The molecular weight excluding hydrogens is 403 g/mol. The number of nitrogens with one attached hydrogen (secondary N) is 1. The van der Waals surface area contributed by atoms with Crippen molar-refractivity contribution in [2.45, 2.75) is 40.7 Å². The van der Waals surface area contributed by atoms with Crippen LogP contribution in [0.1, 0.15) is 34.6 Å². The SMILES string of the molecule is CC(C)CN(CC(C)(C)C)[C@H](C(N)=O)C(=O)Nc1ccc(N2CCOCC2=O)c(F)c1. The average molecular weight is 437 g/mol. The second-order valence-electron chi connectivity index (χ2n) is 9.44. The first kappa shape index (κ1) is 24.7. The minimum absolute atomic E-state index is 0.0995. The summed E-state index contributed by atoms with van der Waals surface area (Å²) in [6.07, 6.45) is 0. The summed E-state index contributed by atoms with van der Waals surface area (Å²) in [7, 11) is 0. The van der Waals surface area contributed by atoms with Crippen molar-refractivity contribution < 1.29 is 23.5 Å². The number of nitrogens with zero attached hydrogens (tertiary/aromatic N) is 2. The molecule has 0 unspecified atom stereocenters. The largest absolute Gasteiger partial charge is 0.370 e. The van der Waals surface area contributed by atoms with Crippen LogP contribution in [-0.4, -0.2) is 61.5 Å². The summed E-state index contributed by atoms with van der Waals surface area (Å²) in [5.74, 6) is -2.16. The monoisotopic (exact) mass is 436 g/mol. The first-order valence-corrected chi connectivity index (χ1v) is 10.4. The van der Waals surface area contributed by atoms with E-state index in [0.29, 0.717) is 19.7 Å². The van der Waals surface area contributed by atoms with Crippen molar-refractivity contribution in [3.63, 3.8) is 0 Å². The van der Waals surface area contributed by atoms with E-state index in [0.717, 1.165) is 6.07 Å². The number of rotatable bonds is 8. The summed E-state index contributed by atoms with van der Waals surface area (Å²) in [4.78, 5) is 40.2. The van der Waals surface area contributed by atoms with Gasteiger partial charge in [0.05, 0.1) is 12.3 Å². The third-order valence-corrected chi connectivity index (χ3v) is 4.65. The molecule has 0 aliphatic carbocycles. The van der Waals surface area contributed by atoms with Gasteiger partial charge in [-0.3, -0.25) is 19.3 Å². The molecule has 1 aliphatic rings. The minimum Gasteiger partial charge on any atom is -0.370 e. The topological polar surface area (TPSA) is 105 Å². The summed E-state index contributed by atoms with van der Waals surface area (Å²) >= 11 is 0. The lowest BCUT2D eigenvalue weighted by atomic mass is 9.94. The van der Waals surface area contributed by atoms with Gasteiger partial charge in [-0.05, 0) is 29.5 Å². The molecule has 1 saturated heterocycles. The highest BCUT2D eigenvalue weighted by Gasteiger charge is 2.34. The van der Waals surface area contributed by atoms with E-state index >= 15 is 0 Å². The summed E-state index contributed by atoms with van der Waals surface area (Å²) in [5.41, 5.74) is 5.71. The maximum absolute atomic E-state index is 14.7. The van der Waals surface area contributed by atoms with Crippen LogP contribution in [0.4, 0.5) is 15.8 Å². The minimum atomic E-state index is -1.19. The standard InChI is InChI=1S/C22H33FN4O4/c1-14(2)11-26(13-22(3,4)5)19(20(24)29)21(30)25-15-6-7-17(16(23)10-15)27-8-9-31-12-18(27)28/h6-7,10,14,19H,8-9,11-13H2,1-5H3,(H2,24,29)(H,25,30)/t19-/m1/s1. The number of anilines is 2. The zero-order valence-electron chi connectivity index (χ0n) is 18.9. The predicted molar refractivity (Wildman–Crippen MR) is 117 cm³/mol. The Morgan fingerprint density at radius 1 is 1.32 bits per heavy atom. The number of amides is 3. The Hall–Kier alpha value is -2.52. The first-order chi connectivity index (χ1) is 14.4. The van der Waals surface area contributed by atoms with E-state index in [1.54, 1.807) is 4.90 Å². The highest BCUT2D eigenvalue weighted by molar-refractivity contribution is 6.09. The molecular formula is C22H33FN4O4. The summed E-state index contributed by atoms with van der Waals surface area (Å²) < 4.78 is 19.7. The number of benzene rings is 1. The van der Waals surface area contributed by atoms with Crippen LogP contribution < -0.4 is 16.0 Å². The molecule has 172 valence electrons. The van der Waals surface area contributed by atoms with Gasteiger partial charge in [-0.25, -0.2) is 4.39 Å². The molecule has 0 spiro atoms. The number of carbonyl (C=O) groups is 3. The van der Waals surface area contributed by atoms with Gasteiger partial charge in [-0.15, -0.1) is 0 Å². The third kappa shape index (κ3) is 7.00. The fraction of sp³-hybridized carbons (Fsp3) is 0.591. The Labute approximate surface area is 182 Å². The lowest BCUT2D eigenvalue weighted by Crippen LogP contribution is -2.55. The van der Waals surface area contributed by atoms with Crippen molar-refractivity contribution in [1.82, 2.24) is 4.90 Å². The van der Waals surface area contributed by atoms with Crippen molar-refractivity contribution in [3.05, 3.63) is 24.0 Å². The Morgan fingerprint density at radius 3 is 2.52 bits per heavy atom. The van der Waals surface area contributed by atoms with Gasteiger partial charge in [0.15, 0.2) is 6.04 Å². The average Bonchev–Trinajstić information content (AvgIpc) is 2.60. The van der Waals surface area contributed by atoms with Crippen LogP contribution in [0, 0.1) is 17.2 Å². The number of primary amides is 1. The quantitative estimate of drug-likeness (QED) is 0.607. The maximum atomic E-state index is 14.7. The lowest BCUT2D eigenvalue weighted by Gasteiger charge is -2.35. The van der Waals surface area contributed by atoms with Crippen LogP contribution >= 0.6 is 0 Å². The lowest BCUT2D eigenvalue weighted by molar-refractivity contribution is -0.133. The molecule has 1 fully saturated rings. The molecule has 1 aromatic rings. The van der Waals surface area contributed by atoms with Gasteiger partial charge in [-0.2, -0.15) is 0 Å². The van der Waals surface area contributed by atoms with Crippen molar-refractivity contribution in [1.29, 1.82) is 0 Å². The molecule has 1 heterocycles. The van der Waals surface area contributed by atoms with Gasteiger partial charge < -0.3 is 20.7 Å². The highest BCUT2D eigenvalue weighted by atomic mass is 19.1. The van der Waals surface area contributed by atoms with Crippen LogP contribution in [0.2, 0.25) is 0 Å². The van der Waals surface area contributed by atoms with E-state index in [-0.39, 0.29) is 41.8 Å². The molecule has 0 radical (unpaired) electrons. The molecule has 1 aromatic carbocycles. The van der Waals surface area contributed by atoms with E-state index in [1.165, 1.54) is 17.0 Å². The smallest absolute Gasteiger partial charge is 0.253 e. The highest BCUT2D eigenvalue weighted by Crippen LogP contribution is 2.25. The molecule has 9 heteroatoms. The van der Waals surface area contributed by atoms with Gasteiger partial charge in [0, 0.05) is 25.3 Å². The zero-order valence-corrected chi connectivity index (χ0v) is 18.9. The van der Waals surface area contributed by atoms with Crippen LogP contribution in [-0.2, 0) is 19.1 Å². The summed E-state index contributed by atoms with van der Waals surface area (Å²) in [6, 6.07) is 2.86. The van der Waals surface area contributed by atoms with Crippen molar-refractivity contribution >= 4 is 29.1 Å². The van der Waals surface area contributed by atoms with Crippen LogP contribution in [0.25, 0.3) is 0 Å². The number of hydrogen-bond donors (Lipinski definition) is 2. The second-order valence-corrected chi connectivity index (χ2v) is 9.44. The number of nitrogens with two attached hydrogens (primary N) is 1. The van der Waals surface area contributed by atoms with Crippen LogP contribution in [0.3, 0.4) is 0 Å². The van der Waals surface area contributed by atoms with E-state index in [4.69, 9.17) is 10.5 Å². The molecule has 0 bridgehead atoms. The number of carbonyl (C=O) groups excluding carboxylic acids is 3. The van der Waals surface area contributed by atoms with Gasteiger partial charge in [0.1, 0.15) is 12.4 Å². The van der Waals surface area contributed by atoms with Gasteiger partial charge in [0.2, 0.25) is 5.91 Å². The van der Waals surface area contributed by atoms with Crippen LogP contribution in [0.15, 0.2) is 18.2 Å². The van der Waals surface area contributed by atoms with E-state index < -0.39 is 23.7 Å². The molecule has 0 aromatic heterocycles. The predicted octanol–water partition coefficient (Wildman–Crippen LogP) is 1.99. The normalized spacial score (nSPS) is 16.0. The molecule has 31 heavy (non-hydrogen) atoms. The van der Waals surface area contributed by atoms with Crippen LogP contribution in [0.5, 0.6) is 0 Å². The first-order valence-electron chi connectivity index (χ1n) is 10.4. The van der Waals surface area contributed by atoms with E-state index in [2.05, 4.69) is 5.32 Å². The number of ether oxygens (including phenoxy) is 1. The molecule has 8 nitrogen and oxygen atoms in total. The summed E-state index contributed by atoms with van der Waals surface area (Å²) in [6.45, 7) is 11.5. The van der Waals surface area contributed by atoms with E-state index in [1.807, 2.05) is 34.6 Å². The molecule has 1 atom stereocenters. The van der Waals surface area contributed by atoms with Gasteiger partial charge in [0.25, 0.3) is 11.8 Å². The van der Waals surface area contributed by atoms with Crippen molar-refractivity contribution in [3.8, 4) is 0 Å². The fourth-order valence-corrected chi connectivity index (χ4v) is 3.60. The van der Waals surface area contributed by atoms with Gasteiger partial charge >= 0.3 is 0 Å². The maximum Gasteiger partial charge on any atom is 0.253 e. The Morgan fingerprint density at radius 2 is 2.00 bits per heavy atom. The van der Waals surface area contributed by atoms with Gasteiger partial charge in [-0.1, -0.05) is 34.6 Å². The molecule has 0 saturated carbocycles. The second kappa shape index (κ2) is 10.2. The molecule has 3 N–H and O–H groups in total. The summed E-state index contributed by atoms with van der Waals surface area (Å²) in [5, 5.41) is 2.60. The van der Waals surface area contributed by atoms with E-state index in [9.17, 15) is 18.8 Å². The Balaban J connectivity index is 2.22. The molecule has 3 amide bonds. The fourth-order valence-electron chi connectivity index (χ4n) is 3.60.